The van der Waals surface area contributed by atoms with Crippen LogP contribution >= 0.6 is 0 Å². The number of alkyl halides is 3. The van der Waals surface area contributed by atoms with Gasteiger partial charge in [0.15, 0.2) is 12.3 Å². The van der Waals surface area contributed by atoms with E-state index in [2.05, 4.69) is 0 Å². The molecule has 0 heterocycles. The van der Waals surface area contributed by atoms with E-state index in [4.69, 9.17) is 0 Å². The summed E-state index contributed by atoms with van der Waals surface area (Å²) in [6.45, 7) is 0. The van der Waals surface area contributed by atoms with Crippen LogP contribution in [0.5, 0.6) is 0 Å². The van der Waals surface area contributed by atoms with Crippen molar-refractivity contribution in [2.24, 2.45) is 5.92 Å². The summed E-state index contributed by atoms with van der Waals surface area (Å²) in [6.07, 6.45) is -6.74. The maximum absolute atomic E-state index is 12.6. The lowest BCUT2D eigenvalue weighted by molar-refractivity contribution is -0.116. The van der Waals surface area contributed by atoms with Gasteiger partial charge in [0.05, 0.1) is 5.92 Å². The van der Waals surface area contributed by atoms with Crippen molar-refractivity contribution < 1.29 is 22.4 Å². The predicted molar refractivity (Wildman–Crippen MR) is 33.4 cm³/mol. The first-order chi connectivity index (χ1) is 5.57. The van der Waals surface area contributed by atoms with E-state index < -0.39 is 30.3 Å². The van der Waals surface area contributed by atoms with E-state index in [1.54, 1.807) is 0 Å². The summed E-state index contributed by atoms with van der Waals surface area (Å²) in [4.78, 5) is 10.0. The minimum Gasteiger partial charge on any atom is -0.303 e. The lowest BCUT2D eigenvalue weighted by atomic mass is 9.90. The maximum Gasteiger partial charge on any atom is 0.163 e. The van der Waals surface area contributed by atoms with Crippen molar-refractivity contribution >= 4 is 6.29 Å². The molecule has 0 spiro atoms. The number of rotatable bonds is 1. The number of carbonyl (C=O) groups is 1. The maximum atomic E-state index is 12.6. The summed E-state index contributed by atoms with van der Waals surface area (Å²) in [7, 11) is 0. The number of aldehydes is 1. The second-order valence-corrected chi connectivity index (χ2v) is 2.56. The minimum atomic E-state index is -2.34. The highest BCUT2D eigenvalue weighted by Crippen LogP contribution is 2.30. The van der Waals surface area contributed by atoms with Gasteiger partial charge in [-0.05, 0) is 6.08 Å². The van der Waals surface area contributed by atoms with E-state index in [0.29, 0.717) is 0 Å². The molecule has 0 amide bonds. The Balaban J connectivity index is 2.90. The molecular formula is C7H6F4O. The Morgan fingerprint density at radius 2 is 1.92 bits per heavy atom. The highest BCUT2D eigenvalue weighted by molar-refractivity contribution is 5.57. The fourth-order valence-electron chi connectivity index (χ4n) is 1.04. The molecule has 0 bridgehead atoms. The van der Waals surface area contributed by atoms with Crippen molar-refractivity contribution in [2.75, 3.05) is 0 Å². The van der Waals surface area contributed by atoms with Crippen molar-refractivity contribution in [1.29, 1.82) is 0 Å². The Morgan fingerprint density at radius 3 is 2.42 bits per heavy atom. The molecule has 0 N–H and O–H groups in total. The molecule has 4 atom stereocenters. The lowest BCUT2D eigenvalue weighted by Gasteiger charge is -2.24. The first-order valence-corrected chi connectivity index (χ1v) is 3.32. The average Bonchev–Trinajstić information content (AvgIpc) is 2.02. The van der Waals surface area contributed by atoms with E-state index in [-0.39, 0.29) is 12.4 Å². The second kappa shape index (κ2) is 3.25. The average molecular weight is 182 g/mol. The molecule has 0 aromatic heterocycles. The van der Waals surface area contributed by atoms with Crippen LogP contribution in [0.1, 0.15) is 0 Å². The molecule has 1 aliphatic carbocycles. The summed E-state index contributed by atoms with van der Waals surface area (Å²) < 4.78 is 50.0. The van der Waals surface area contributed by atoms with Gasteiger partial charge in [-0.3, -0.25) is 0 Å². The van der Waals surface area contributed by atoms with Crippen LogP contribution in [-0.4, -0.2) is 24.8 Å². The molecule has 68 valence electrons. The monoisotopic (exact) mass is 182 g/mol. The molecule has 0 aliphatic heterocycles. The standard InChI is InChI=1S/C7H6F4O/c8-4-1-5(9)7(11)3(2-12)6(4)10/h1-4,6-7H/t3?,4?,6?,7-/m1/s1. The highest BCUT2D eigenvalue weighted by Gasteiger charge is 2.41. The number of hydrogen-bond donors (Lipinski definition) is 0. The summed E-state index contributed by atoms with van der Waals surface area (Å²) in [5.41, 5.74) is 0. The molecule has 0 saturated carbocycles. The fourth-order valence-corrected chi connectivity index (χ4v) is 1.04. The van der Waals surface area contributed by atoms with E-state index in [9.17, 15) is 22.4 Å². The van der Waals surface area contributed by atoms with Gasteiger partial charge in [0.25, 0.3) is 0 Å². The molecule has 3 unspecified atom stereocenters. The van der Waals surface area contributed by atoms with Gasteiger partial charge in [0.2, 0.25) is 0 Å². The van der Waals surface area contributed by atoms with Gasteiger partial charge in [-0.15, -0.1) is 0 Å². The van der Waals surface area contributed by atoms with E-state index in [0.717, 1.165) is 0 Å². The third-order valence-corrected chi connectivity index (χ3v) is 1.75. The zero-order valence-electron chi connectivity index (χ0n) is 5.88. The van der Waals surface area contributed by atoms with Gasteiger partial charge in [0, 0.05) is 0 Å². The smallest absolute Gasteiger partial charge is 0.163 e. The lowest BCUT2D eigenvalue weighted by Crippen LogP contribution is -2.38. The topological polar surface area (TPSA) is 17.1 Å². The number of allylic oxidation sites excluding steroid dienone is 2. The van der Waals surface area contributed by atoms with E-state index in [1.807, 2.05) is 0 Å². The molecule has 0 aromatic carbocycles. The van der Waals surface area contributed by atoms with Crippen molar-refractivity contribution in [3.63, 3.8) is 0 Å². The van der Waals surface area contributed by atoms with Crippen molar-refractivity contribution in [2.45, 2.75) is 18.5 Å². The first-order valence-electron chi connectivity index (χ1n) is 3.32. The molecule has 0 fully saturated rings. The largest absolute Gasteiger partial charge is 0.303 e. The van der Waals surface area contributed by atoms with Gasteiger partial charge in [0.1, 0.15) is 18.3 Å². The van der Waals surface area contributed by atoms with Gasteiger partial charge in [-0.1, -0.05) is 0 Å². The molecule has 0 radical (unpaired) electrons. The van der Waals surface area contributed by atoms with Crippen LogP contribution in [0, 0.1) is 5.92 Å². The normalized spacial score (nSPS) is 42.2. The Labute approximate surface area is 66.1 Å². The Morgan fingerprint density at radius 1 is 1.33 bits per heavy atom. The first kappa shape index (κ1) is 9.22. The van der Waals surface area contributed by atoms with Crippen LogP contribution in [0.15, 0.2) is 11.9 Å². The van der Waals surface area contributed by atoms with E-state index in [1.165, 1.54) is 0 Å². The minimum absolute atomic E-state index is 0.103. The summed E-state index contributed by atoms with van der Waals surface area (Å²) in [6, 6.07) is 0. The molecule has 1 rings (SSSR count). The van der Waals surface area contributed by atoms with Gasteiger partial charge in [-0.25, -0.2) is 17.6 Å². The van der Waals surface area contributed by atoms with Crippen molar-refractivity contribution in [3.8, 4) is 0 Å². The van der Waals surface area contributed by atoms with Gasteiger partial charge < -0.3 is 4.79 Å². The van der Waals surface area contributed by atoms with Crippen LogP contribution in [0.2, 0.25) is 0 Å². The van der Waals surface area contributed by atoms with Crippen LogP contribution in [-0.2, 0) is 4.79 Å². The van der Waals surface area contributed by atoms with Gasteiger partial charge in [-0.2, -0.15) is 0 Å². The molecular weight excluding hydrogens is 176 g/mol. The fraction of sp³-hybridized carbons (Fsp3) is 0.571. The highest BCUT2D eigenvalue weighted by atomic mass is 19.2. The van der Waals surface area contributed by atoms with Crippen molar-refractivity contribution in [3.05, 3.63) is 11.9 Å². The van der Waals surface area contributed by atoms with Crippen LogP contribution < -0.4 is 0 Å². The van der Waals surface area contributed by atoms with Crippen molar-refractivity contribution in [1.82, 2.24) is 0 Å². The molecule has 5 heteroatoms. The van der Waals surface area contributed by atoms with Gasteiger partial charge >= 0.3 is 0 Å². The molecule has 1 aliphatic rings. The SMILES string of the molecule is O=CC1C(F)C(F)C=C(F)[C@@H]1F. The summed E-state index contributed by atoms with van der Waals surface area (Å²) in [5, 5.41) is 0. The third kappa shape index (κ3) is 1.35. The van der Waals surface area contributed by atoms with Crippen LogP contribution in [0.3, 0.4) is 0 Å². The van der Waals surface area contributed by atoms with Crippen LogP contribution in [0.4, 0.5) is 17.6 Å². The molecule has 0 aromatic rings. The quantitative estimate of drug-likeness (QED) is 0.445. The summed E-state index contributed by atoms with van der Waals surface area (Å²) >= 11 is 0. The number of halogens is 4. The second-order valence-electron chi connectivity index (χ2n) is 2.56. The van der Waals surface area contributed by atoms with Crippen LogP contribution in [0.25, 0.3) is 0 Å². The Bertz CT molecular complexity index is 215. The number of carbonyl (C=O) groups excluding carboxylic acids is 1. The Kier molecular flexibility index (Phi) is 2.49. The summed E-state index contributed by atoms with van der Waals surface area (Å²) in [5.74, 6) is -3.27. The van der Waals surface area contributed by atoms with E-state index >= 15 is 0 Å². The molecule has 1 nitrogen and oxygen atoms in total. The Hall–Kier alpha value is -0.870. The molecule has 0 saturated heterocycles. The molecule has 12 heavy (non-hydrogen) atoms. The predicted octanol–water partition coefficient (Wildman–Crippen LogP) is 1.68. The third-order valence-electron chi connectivity index (χ3n) is 1.75. The zero-order chi connectivity index (χ0) is 9.30. The zero-order valence-corrected chi connectivity index (χ0v) is 5.88. The number of hydrogen-bond acceptors (Lipinski definition) is 1.